The Kier molecular flexibility index (Phi) is 7.04. The van der Waals surface area contributed by atoms with Crippen molar-refractivity contribution in [1.29, 1.82) is 0 Å². The number of phenolic OH excluding ortho intramolecular Hbond substituents is 1. The molecule has 0 aromatic heterocycles. The first-order valence-electron chi connectivity index (χ1n) is 12.3. The second-order valence-electron chi connectivity index (χ2n) is 10.7. The molecule has 3 aliphatic carbocycles. The maximum Gasteiger partial charge on any atom is 0.255 e. The topological polar surface area (TPSA) is 203 Å². The van der Waals surface area contributed by atoms with Crippen molar-refractivity contribution >= 4 is 34.8 Å². The fourth-order valence-corrected chi connectivity index (χ4v) is 5.85. The molecule has 2 amide bonds. The van der Waals surface area contributed by atoms with Crippen molar-refractivity contribution in [3.8, 4) is 5.75 Å². The van der Waals surface area contributed by atoms with Crippen LogP contribution in [0.1, 0.15) is 31.4 Å². The van der Waals surface area contributed by atoms with Crippen molar-refractivity contribution < 1.29 is 44.0 Å². The van der Waals surface area contributed by atoms with E-state index in [0.29, 0.717) is 0 Å². The number of hydrogen-bond donors (Lipinski definition) is 7. The number of ketones is 2. The zero-order chi connectivity index (χ0) is 29.1. The molecule has 8 N–H and O–H groups in total. The SMILES string of the molecule is CC(C)NCC(=O)Nc1cc(F)c2c(c1O)C(O)=C1C(=O)[C@]3(O)C(O)=C(C(N)=O)C(=O)[C@@H](N(C)C)[C@@H]3C[C@@H]1C2. The molecule has 1 aromatic rings. The number of Topliss-reactive ketones (excluding diaryl/α,β-unsaturated/α-hetero) is 2. The van der Waals surface area contributed by atoms with Crippen molar-refractivity contribution in [3.05, 3.63) is 39.9 Å². The normalized spacial score (nSPS) is 26.5. The van der Waals surface area contributed by atoms with Gasteiger partial charge in [-0.25, -0.2) is 4.39 Å². The summed E-state index contributed by atoms with van der Waals surface area (Å²) in [4.78, 5) is 52.6. The standard InChI is InChI=1S/C26H31FN4O8/c1-9(2)29-8-15(32)30-14-7-13(27)11-5-10-6-12-19(31(3)4)22(35)18(25(28)38)24(37)26(12,39)23(36)16(10)21(34)17(11)20(14)33/h7,9-10,12,19,29,33-34,37,39H,5-6,8H2,1-4H3,(H2,28,38)(H,30,32)/t10-,12-,19-,26-/m0/s1. The van der Waals surface area contributed by atoms with E-state index in [0.717, 1.165) is 6.07 Å². The molecule has 4 atom stereocenters. The van der Waals surface area contributed by atoms with Crippen LogP contribution in [-0.2, 0) is 25.6 Å². The number of hydrogen-bond acceptors (Lipinski definition) is 10. The van der Waals surface area contributed by atoms with Gasteiger partial charge >= 0.3 is 0 Å². The molecule has 0 bridgehead atoms. The predicted molar refractivity (Wildman–Crippen MR) is 136 cm³/mol. The first-order valence-corrected chi connectivity index (χ1v) is 12.3. The Morgan fingerprint density at radius 3 is 2.44 bits per heavy atom. The lowest BCUT2D eigenvalue weighted by Gasteiger charge is -2.50. The molecule has 1 saturated carbocycles. The molecule has 0 unspecified atom stereocenters. The van der Waals surface area contributed by atoms with E-state index in [1.165, 1.54) is 19.0 Å². The van der Waals surface area contributed by atoms with E-state index in [2.05, 4.69) is 10.6 Å². The average Bonchev–Trinajstić information content (AvgIpc) is 2.82. The zero-order valence-electron chi connectivity index (χ0n) is 21.8. The minimum absolute atomic E-state index is 0.0232. The van der Waals surface area contributed by atoms with Gasteiger partial charge in [0.1, 0.15) is 22.9 Å². The van der Waals surface area contributed by atoms with E-state index in [9.17, 15) is 39.6 Å². The van der Waals surface area contributed by atoms with Crippen LogP contribution in [-0.4, -0.2) is 87.0 Å². The third-order valence-corrected chi connectivity index (χ3v) is 7.61. The highest BCUT2D eigenvalue weighted by molar-refractivity contribution is 6.24. The van der Waals surface area contributed by atoms with Crippen molar-refractivity contribution in [2.75, 3.05) is 26.0 Å². The number of likely N-dealkylation sites (N-methyl/N-ethyl adjacent to an activating group) is 1. The number of phenols is 1. The van der Waals surface area contributed by atoms with Gasteiger partial charge in [-0.15, -0.1) is 0 Å². The van der Waals surface area contributed by atoms with Gasteiger partial charge in [0.15, 0.2) is 17.1 Å². The lowest BCUT2D eigenvalue weighted by molar-refractivity contribution is -0.153. The fourth-order valence-electron chi connectivity index (χ4n) is 5.85. The van der Waals surface area contributed by atoms with Gasteiger partial charge < -0.3 is 36.8 Å². The minimum Gasteiger partial charge on any atom is -0.508 e. The third kappa shape index (κ3) is 4.26. The van der Waals surface area contributed by atoms with E-state index in [-0.39, 0.29) is 36.7 Å². The monoisotopic (exact) mass is 546 g/mol. The summed E-state index contributed by atoms with van der Waals surface area (Å²) < 4.78 is 15.3. The van der Waals surface area contributed by atoms with Gasteiger partial charge in [0.05, 0.1) is 23.8 Å². The van der Waals surface area contributed by atoms with Crippen molar-refractivity contribution in [1.82, 2.24) is 10.2 Å². The summed E-state index contributed by atoms with van der Waals surface area (Å²) in [5, 5.41) is 49.8. The fraction of sp³-hybridized carbons (Fsp3) is 0.462. The number of rotatable bonds is 6. The van der Waals surface area contributed by atoms with Crippen LogP contribution in [0.25, 0.3) is 5.76 Å². The highest BCUT2D eigenvalue weighted by atomic mass is 19.1. The number of aliphatic hydroxyl groups is 3. The van der Waals surface area contributed by atoms with Crippen LogP contribution in [0, 0.1) is 17.7 Å². The summed E-state index contributed by atoms with van der Waals surface area (Å²) in [6.07, 6.45) is -0.359. The third-order valence-electron chi connectivity index (χ3n) is 7.61. The number of primary amides is 1. The first kappa shape index (κ1) is 28.2. The number of nitrogens with one attached hydrogen (secondary N) is 2. The van der Waals surface area contributed by atoms with Crippen molar-refractivity contribution in [2.24, 2.45) is 17.6 Å². The largest absolute Gasteiger partial charge is 0.508 e. The highest BCUT2D eigenvalue weighted by Crippen LogP contribution is 2.53. The number of carbonyl (C=O) groups is 4. The number of fused-ring (bicyclic) bond motifs is 3. The summed E-state index contributed by atoms with van der Waals surface area (Å²) in [7, 11) is 2.97. The smallest absolute Gasteiger partial charge is 0.255 e. The van der Waals surface area contributed by atoms with E-state index in [4.69, 9.17) is 5.73 Å². The molecule has 39 heavy (non-hydrogen) atoms. The average molecular weight is 547 g/mol. The van der Waals surface area contributed by atoms with Crippen LogP contribution in [0.3, 0.4) is 0 Å². The van der Waals surface area contributed by atoms with Crippen LogP contribution in [0.2, 0.25) is 0 Å². The number of halogens is 1. The van der Waals surface area contributed by atoms with Gasteiger partial charge in [-0.3, -0.25) is 24.1 Å². The summed E-state index contributed by atoms with van der Waals surface area (Å²) in [6, 6.07) is -0.357. The Bertz CT molecular complexity index is 1370. The van der Waals surface area contributed by atoms with Gasteiger partial charge in [0, 0.05) is 29.2 Å². The van der Waals surface area contributed by atoms with Crippen LogP contribution >= 0.6 is 0 Å². The second-order valence-corrected chi connectivity index (χ2v) is 10.7. The van der Waals surface area contributed by atoms with Crippen LogP contribution in [0.15, 0.2) is 23.0 Å². The van der Waals surface area contributed by atoms with E-state index >= 15 is 4.39 Å². The minimum atomic E-state index is -2.80. The molecule has 0 aliphatic heterocycles. The van der Waals surface area contributed by atoms with Crippen LogP contribution < -0.4 is 16.4 Å². The Hall–Kier alpha value is -3.81. The molecule has 3 aliphatic rings. The molecular weight excluding hydrogens is 515 g/mol. The molecule has 12 nitrogen and oxygen atoms in total. The predicted octanol–water partition coefficient (Wildman–Crippen LogP) is 0.0396. The van der Waals surface area contributed by atoms with E-state index in [1.54, 1.807) is 0 Å². The second kappa shape index (κ2) is 9.74. The summed E-state index contributed by atoms with van der Waals surface area (Å²) >= 11 is 0. The molecule has 4 rings (SSSR count). The number of nitrogens with zero attached hydrogens (tertiary/aromatic N) is 1. The number of aromatic hydroxyl groups is 1. The summed E-state index contributed by atoms with van der Waals surface area (Å²) in [5.41, 5.74) is 0.238. The highest BCUT2D eigenvalue weighted by Gasteiger charge is 2.64. The Morgan fingerprint density at radius 2 is 1.87 bits per heavy atom. The molecule has 0 spiro atoms. The molecule has 0 saturated heterocycles. The molecule has 0 radical (unpaired) electrons. The maximum atomic E-state index is 15.3. The lowest BCUT2D eigenvalue weighted by atomic mass is 9.57. The number of anilines is 1. The molecule has 13 heteroatoms. The Morgan fingerprint density at radius 1 is 1.23 bits per heavy atom. The van der Waals surface area contributed by atoms with Gasteiger partial charge in [-0.05, 0) is 32.9 Å². The van der Waals surface area contributed by atoms with E-state index < -0.39 is 86.7 Å². The summed E-state index contributed by atoms with van der Waals surface area (Å²) in [6.45, 7) is 3.48. The Labute approximate surface area is 223 Å². The molecule has 0 heterocycles. The van der Waals surface area contributed by atoms with Gasteiger partial charge in [0.2, 0.25) is 11.7 Å². The van der Waals surface area contributed by atoms with Gasteiger partial charge in [0.25, 0.3) is 5.91 Å². The van der Waals surface area contributed by atoms with Crippen molar-refractivity contribution in [2.45, 2.75) is 44.4 Å². The number of benzene rings is 1. The van der Waals surface area contributed by atoms with Gasteiger partial charge in [-0.2, -0.15) is 0 Å². The lowest BCUT2D eigenvalue weighted by Crippen LogP contribution is -2.65. The van der Waals surface area contributed by atoms with Crippen molar-refractivity contribution in [3.63, 3.8) is 0 Å². The van der Waals surface area contributed by atoms with Crippen LogP contribution in [0.4, 0.5) is 10.1 Å². The molecule has 1 fully saturated rings. The quantitative estimate of drug-likeness (QED) is 0.189. The number of carbonyl (C=O) groups excluding carboxylic acids is 4. The zero-order valence-corrected chi connectivity index (χ0v) is 21.8. The number of amides is 2. The number of nitrogens with two attached hydrogens (primary N) is 1. The van der Waals surface area contributed by atoms with Gasteiger partial charge in [-0.1, -0.05) is 13.8 Å². The molecule has 1 aromatic carbocycles. The molecular formula is C26H31FN4O8. The number of aliphatic hydroxyl groups excluding tert-OH is 2. The van der Waals surface area contributed by atoms with Crippen LogP contribution in [0.5, 0.6) is 5.75 Å². The molecule has 210 valence electrons. The van der Waals surface area contributed by atoms with E-state index in [1.807, 2.05) is 13.8 Å². The maximum absolute atomic E-state index is 15.3. The Balaban J connectivity index is 1.86. The first-order chi connectivity index (χ1) is 18.1. The summed E-state index contributed by atoms with van der Waals surface area (Å²) in [5.74, 6) is -9.82.